The van der Waals surface area contributed by atoms with E-state index < -0.39 is 131 Å². The molecular weight excluding hydrogens is 1460 g/mol. The molecule has 1 saturated heterocycles. The van der Waals surface area contributed by atoms with Gasteiger partial charge >= 0.3 is 37.7 Å². The van der Waals surface area contributed by atoms with Gasteiger partial charge in [0.05, 0.1) is 32.5 Å². The second kappa shape index (κ2) is 63.8. The van der Waals surface area contributed by atoms with Crippen LogP contribution in [0.15, 0.2) is 91.0 Å². The molecule has 3 aromatic rings. The van der Waals surface area contributed by atoms with Crippen molar-refractivity contribution >= 4 is 49.5 Å². The van der Waals surface area contributed by atoms with Crippen LogP contribution in [0, 0.1) is 0 Å². The number of phosphoric acid groups is 1. The largest absolute Gasteiger partial charge is 0.588 e. The van der Waals surface area contributed by atoms with Crippen LogP contribution in [0.1, 0.15) is 355 Å². The SMILES string of the molecule is CCCCCCCCCCC[C@H](CC(=O)N[C@@H](COC1O[C@H](CO)[C@@H](OP(=O)(Oc2ccccc2)Oc2ccccc2)[C@H](OC(=O)C[C@@H](CCCCCCCCCCC)OC(=O)CCCCCC)[C@H]1NC(=O)C[C@@H](CCCCCCCCCCC)OC(=O)CCCCCC)C(=O)OCc1ccccc1)OC(=O)CCCCCC. The van der Waals surface area contributed by atoms with Crippen LogP contribution in [0.2, 0.25) is 0 Å². The molecule has 3 aromatic carbocycles. The van der Waals surface area contributed by atoms with Crippen molar-refractivity contribution in [3.63, 3.8) is 0 Å². The van der Waals surface area contributed by atoms with Crippen molar-refractivity contribution < 1.29 is 90.0 Å². The number of rotatable bonds is 70. The van der Waals surface area contributed by atoms with Crippen molar-refractivity contribution in [2.75, 3.05) is 13.2 Å². The summed E-state index contributed by atoms with van der Waals surface area (Å²) >= 11 is 0. The van der Waals surface area contributed by atoms with E-state index in [4.69, 9.17) is 46.7 Å². The Hall–Kier alpha value is -6.38. The molecule has 0 aromatic heterocycles. The molecule has 22 heteroatoms. The normalized spacial score (nSPS) is 16.6. The van der Waals surface area contributed by atoms with Gasteiger partial charge in [-0.25, -0.2) is 9.36 Å². The molecule has 1 heterocycles. The molecule has 21 nitrogen and oxygen atoms in total. The van der Waals surface area contributed by atoms with Crippen molar-refractivity contribution in [1.29, 1.82) is 0 Å². The lowest BCUT2D eigenvalue weighted by atomic mass is 9.95. The van der Waals surface area contributed by atoms with Crippen molar-refractivity contribution in [3.05, 3.63) is 96.6 Å². The molecule has 1 aliphatic heterocycles. The second-order valence-electron chi connectivity index (χ2n) is 30.9. The third-order valence-corrected chi connectivity index (χ3v) is 21.9. The third-order valence-electron chi connectivity index (χ3n) is 20.6. The number of unbranched alkanes of at least 4 members (excludes halogenated alkanes) is 33. The molecular formula is C91H147N2O19P. The van der Waals surface area contributed by atoms with Crippen LogP contribution in [0.25, 0.3) is 0 Å². The molecule has 4 rings (SSSR count). The van der Waals surface area contributed by atoms with E-state index in [1.165, 1.54) is 75.6 Å². The highest BCUT2D eigenvalue weighted by atomic mass is 31.2. The Balaban J connectivity index is 1.91. The Kier molecular flexibility index (Phi) is 55.9. The number of aliphatic hydroxyl groups is 1. The van der Waals surface area contributed by atoms with E-state index in [0.717, 1.165) is 161 Å². The van der Waals surface area contributed by atoms with E-state index in [-0.39, 0.29) is 43.8 Å². The molecule has 9 atom stereocenters. The average Bonchev–Trinajstić information content (AvgIpc) is 0.772. The van der Waals surface area contributed by atoms with E-state index in [0.29, 0.717) is 63.4 Å². The summed E-state index contributed by atoms with van der Waals surface area (Å²) in [6, 6.07) is 21.7. The van der Waals surface area contributed by atoms with Crippen molar-refractivity contribution in [1.82, 2.24) is 10.6 Å². The van der Waals surface area contributed by atoms with Gasteiger partial charge in [0.25, 0.3) is 0 Å². The number of ether oxygens (including phenoxy) is 7. The number of phosphoric ester groups is 1. The Labute approximate surface area is 679 Å². The zero-order valence-corrected chi connectivity index (χ0v) is 71.1. The maximum atomic E-state index is 15.8. The molecule has 0 radical (unpaired) electrons. The standard InChI is InChI=1S/C91H147N2O19P/c1-7-13-19-25-28-31-34-37-45-61-76(105-83(97)64-52-22-16-10-4)67-81(95)92-79(90(101)103-71-73-55-43-40-44-56-73)72-104-91-87(93-82(96)68-77(106-84(98)65-53-23-17-11-5)62-46-38-35-32-29-26-20-14-8-2)89(88(80(70-94)108-91)112-113(102,110-74-57-48-41-49-58-74)111-75-59-50-42-51-60-75)109-86(100)69-78(107-85(99)66-54-24-18-12-6)63-47-39-36-33-30-27-21-15-9-3/h40-44,48-51,55-60,76-80,87-89,91,94H,7-39,45-47,52-54,61-72H2,1-6H3,(H,92,95)(H,93,96)/t76-,77-,78-,79+,80-,87-,88-,89-,91?/m1/s1. The Morgan fingerprint density at radius 1 is 0.425 bits per heavy atom. The summed E-state index contributed by atoms with van der Waals surface area (Å²) < 4.78 is 79.2. The maximum absolute atomic E-state index is 15.8. The fraction of sp³-hybridized carbons (Fsp3) is 0.725. The van der Waals surface area contributed by atoms with Crippen molar-refractivity contribution in [2.45, 2.75) is 411 Å². The van der Waals surface area contributed by atoms with Gasteiger partial charge in [0.2, 0.25) is 11.8 Å². The van der Waals surface area contributed by atoms with E-state index in [1.807, 2.05) is 6.07 Å². The van der Waals surface area contributed by atoms with Gasteiger partial charge in [-0.15, -0.1) is 0 Å². The number of benzene rings is 3. The number of hydrogen-bond donors (Lipinski definition) is 3. The summed E-state index contributed by atoms with van der Waals surface area (Å²) in [4.78, 5) is 101. The number of nitrogens with one attached hydrogen (secondary N) is 2. The molecule has 3 N–H and O–H groups in total. The zero-order chi connectivity index (χ0) is 81.6. The maximum Gasteiger partial charge on any atom is 0.588 e. The van der Waals surface area contributed by atoms with Crippen molar-refractivity contribution in [2.24, 2.45) is 0 Å². The molecule has 0 aliphatic carbocycles. The number of carbonyl (C=O) groups excluding carboxylic acids is 7. The van der Waals surface area contributed by atoms with Gasteiger partial charge in [-0.3, -0.25) is 33.3 Å². The van der Waals surface area contributed by atoms with Crippen LogP contribution in [0.5, 0.6) is 11.5 Å². The lowest BCUT2D eigenvalue weighted by molar-refractivity contribution is -0.272. The molecule has 0 saturated carbocycles. The summed E-state index contributed by atoms with van der Waals surface area (Å²) in [7, 11) is -5.06. The molecule has 0 spiro atoms. The Bertz CT molecular complexity index is 2960. The predicted molar refractivity (Wildman–Crippen MR) is 444 cm³/mol. The van der Waals surface area contributed by atoms with Crippen LogP contribution >= 0.6 is 7.82 Å². The van der Waals surface area contributed by atoms with Gasteiger partial charge in [0, 0.05) is 19.3 Å². The molecule has 1 fully saturated rings. The van der Waals surface area contributed by atoms with Crippen molar-refractivity contribution in [3.8, 4) is 11.5 Å². The van der Waals surface area contributed by atoms with Gasteiger partial charge in [0.15, 0.2) is 18.4 Å². The van der Waals surface area contributed by atoms with E-state index in [1.54, 1.807) is 60.7 Å². The zero-order valence-electron chi connectivity index (χ0n) is 70.2. The first-order valence-electron chi connectivity index (χ1n) is 44.3. The van der Waals surface area contributed by atoms with Gasteiger partial charge < -0.3 is 57.9 Å². The van der Waals surface area contributed by atoms with E-state index in [9.17, 15) is 29.1 Å². The topological polar surface area (TPSA) is 273 Å². The summed E-state index contributed by atoms with van der Waals surface area (Å²) in [5.41, 5.74) is 0.638. The minimum atomic E-state index is -5.06. The van der Waals surface area contributed by atoms with Gasteiger partial charge in [-0.05, 0) is 87.6 Å². The summed E-state index contributed by atoms with van der Waals surface area (Å²) in [5, 5.41) is 17.5. The quantitative estimate of drug-likeness (QED) is 0.0205. The first-order chi connectivity index (χ1) is 55.0. The lowest BCUT2D eigenvalue weighted by Crippen LogP contribution is -2.67. The van der Waals surface area contributed by atoms with Gasteiger partial charge in [-0.2, -0.15) is 0 Å². The highest BCUT2D eigenvalue weighted by Crippen LogP contribution is 2.52. The van der Waals surface area contributed by atoms with Crippen LogP contribution in [-0.4, -0.2) is 115 Å². The Morgan fingerprint density at radius 3 is 1.17 bits per heavy atom. The Morgan fingerprint density at radius 2 is 0.779 bits per heavy atom. The number of carbonyl (C=O) groups is 7. The van der Waals surface area contributed by atoms with E-state index >= 15 is 14.2 Å². The van der Waals surface area contributed by atoms with Crippen LogP contribution in [0.3, 0.4) is 0 Å². The fourth-order valence-corrected chi connectivity index (χ4v) is 15.4. The van der Waals surface area contributed by atoms with Crippen LogP contribution in [-0.2, 0) is 82.4 Å². The summed E-state index contributed by atoms with van der Waals surface area (Å²) in [6.07, 6.45) is 28.3. The average molecular weight is 1600 g/mol. The first kappa shape index (κ1) is 99.0. The number of aliphatic hydroxyl groups excluding tert-OH is 1. The number of amides is 2. The number of para-hydroxylation sites is 2. The molecule has 2 amide bonds. The van der Waals surface area contributed by atoms with Gasteiger partial charge in [-0.1, -0.05) is 320 Å². The molecule has 1 aliphatic rings. The van der Waals surface area contributed by atoms with E-state index in [2.05, 4.69) is 52.2 Å². The van der Waals surface area contributed by atoms with Gasteiger partial charge in [0.1, 0.15) is 54.7 Å². The van der Waals surface area contributed by atoms with Crippen LogP contribution in [0.4, 0.5) is 0 Å². The third kappa shape index (κ3) is 46.8. The lowest BCUT2D eigenvalue weighted by Gasteiger charge is -2.45. The highest BCUT2D eigenvalue weighted by molar-refractivity contribution is 7.49. The molecule has 640 valence electrons. The number of hydrogen-bond acceptors (Lipinski definition) is 19. The molecule has 1 unspecified atom stereocenters. The summed E-state index contributed by atoms with van der Waals surface area (Å²) in [6.45, 7) is 10.9. The number of esters is 5. The highest BCUT2D eigenvalue weighted by Gasteiger charge is 2.54. The molecule has 0 bridgehead atoms. The second-order valence-corrected chi connectivity index (χ2v) is 32.3. The predicted octanol–water partition coefficient (Wildman–Crippen LogP) is 21.6. The minimum Gasteiger partial charge on any atom is -0.462 e. The monoisotopic (exact) mass is 1600 g/mol. The first-order valence-corrected chi connectivity index (χ1v) is 45.7. The smallest absolute Gasteiger partial charge is 0.462 e. The minimum absolute atomic E-state index is 0.0417. The summed E-state index contributed by atoms with van der Waals surface area (Å²) in [5.74, 6) is -4.56. The van der Waals surface area contributed by atoms with Crippen LogP contribution < -0.4 is 19.7 Å². The fourth-order valence-electron chi connectivity index (χ4n) is 14.0. The molecule has 113 heavy (non-hydrogen) atoms.